The molecule has 2 aromatic carbocycles. The van der Waals surface area contributed by atoms with Crippen molar-refractivity contribution in [2.45, 2.75) is 32.7 Å². The molecule has 8 nitrogen and oxygen atoms in total. The number of methoxy groups -OCH3 is 2. The first-order chi connectivity index (χ1) is 15.4. The van der Waals surface area contributed by atoms with Gasteiger partial charge in [0.1, 0.15) is 0 Å². The standard InChI is InChI=1S/C24H27N3O5/c1-5-8-22(28)26-27-23(29)14-12-17-9-6-7-10-19(17)24(30)25-16(2)18-11-13-20(31-3)21(15-18)32-4/h6-7,9-11,13,15-16H,12,14H2,1-4H3,(H,25,30)(H,26,28)(H,27,29)/t16-/m1/s1. The molecule has 0 bridgehead atoms. The Balaban J connectivity index is 2.03. The number of carbonyl (C=O) groups is 3. The summed E-state index contributed by atoms with van der Waals surface area (Å²) in [6.45, 7) is 3.40. The van der Waals surface area contributed by atoms with E-state index in [1.54, 1.807) is 44.6 Å². The van der Waals surface area contributed by atoms with E-state index in [4.69, 9.17) is 9.47 Å². The third kappa shape index (κ3) is 6.77. The van der Waals surface area contributed by atoms with E-state index < -0.39 is 5.91 Å². The second kappa shape index (κ2) is 12.0. The molecule has 3 N–H and O–H groups in total. The number of nitrogens with one attached hydrogen (secondary N) is 3. The van der Waals surface area contributed by atoms with Gasteiger partial charge < -0.3 is 14.8 Å². The maximum absolute atomic E-state index is 12.9. The Labute approximate surface area is 187 Å². The van der Waals surface area contributed by atoms with Crippen LogP contribution in [0, 0.1) is 11.8 Å². The van der Waals surface area contributed by atoms with Crippen molar-refractivity contribution in [3.63, 3.8) is 0 Å². The van der Waals surface area contributed by atoms with E-state index in [-0.39, 0.29) is 24.3 Å². The normalized spacial score (nSPS) is 10.8. The van der Waals surface area contributed by atoms with Crippen LogP contribution in [0.15, 0.2) is 42.5 Å². The fourth-order valence-corrected chi connectivity index (χ4v) is 3.02. The minimum atomic E-state index is -0.593. The molecule has 0 aliphatic carbocycles. The Morgan fingerprint density at radius 1 is 1.00 bits per heavy atom. The molecule has 0 saturated heterocycles. The average molecular weight is 437 g/mol. The number of hydrazine groups is 1. The summed E-state index contributed by atoms with van der Waals surface area (Å²) in [4.78, 5) is 36.2. The lowest BCUT2D eigenvalue weighted by Gasteiger charge is -2.18. The molecule has 8 heteroatoms. The predicted octanol–water partition coefficient (Wildman–Crippen LogP) is 2.30. The molecule has 32 heavy (non-hydrogen) atoms. The first-order valence-corrected chi connectivity index (χ1v) is 10.0. The predicted molar refractivity (Wildman–Crippen MR) is 120 cm³/mol. The Hall–Kier alpha value is -3.99. The van der Waals surface area contributed by atoms with Crippen molar-refractivity contribution >= 4 is 17.7 Å². The zero-order valence-corrected chi connectivity index (χ0v) is 18.6. The van der Waals surface area contributed by atoms with E-state index in [1.807, 2.05) is 19.1 Å². The summed E-state index contributed by atoms with van der Waals surface area (Å²) in [6, 6.07) is 12.3. The van der Waals surface area contributed by atoms with Crippen molar-refractivity contribution in [2.75, 3.05) is 14.2 Å². The van der Waals surface area contributed by atoms with Gasteiger partial charge in [-0.1, -0.05) is 30.2 Å². The zero-order valence-electron chi connectivity index (χ0n) is 18.6. The Bertz CT molecular complexity index is 1040. The molecule has 2 aromatic rings. The minimum Gasteiger partial charge on any atom is -0.493 e. The number of hydrogen-bond donors (Lipinski definition) is 3. The maximum Gasteiger partial charge on any atom is 0.314 e. The van der Waals surface area contributed by atoms with Crippen LogP contribution in [0.25, 0.3) is 0 Å². The molecule has 0 aliphatic heterocycles. The van der Waals surface area contributed by atoms with Gasteiger partial charge in [-0.2, -0.15) is 0 Å². The van der Waals surface area contributed by atoms with E-state index in [9.17, 15) is 14.4 Å². The molecule has 0 saturated carbocycles. The average Bonchev–Trinajstić information content (AvgIpc) is 2.81. The van der Waals surface area contributed by atoms with Crippen LogP contribution in [0.3, 0.4) is 0 Å². The molecule has 0 fully saturated rings. The van der Waals surface area contributed by atoms with Gasteiger partial charge in [-0.3, -0.25) is 25.2 Å². The van der Waals surface area contributed by atoms with Crippen molar-refractivity contribution in [2.24, 2.45) is 0 Å². The molecule has 0 heterocycles. The topological polar surface area (TPSA) is 106 Å². The van der Waals surface area contributed by atoms with Crippen LogP contribution in [0.4, 0.5) is 0 Å². The summed E-state index contributed by atoms with van der Waals surface area (Å²) in [5, 5.41) is 2.98. The van der Waals surface area contributed by atoms with Gasteiger partial charge in [0.15, 0.2) is 11.5 Å². The van der Waals surface area contributed by atoms with Gasteiger partial charge in [-0.15, -0.1) is 0 Å². The Morgan fingerprint density at radius 2 is 1.72 bits per heavy atom. The SMILES string of the molecule is CC#CC(=O)NNC(=O)CCc1ccccc1C(=O)N[C@H](C)c1ccc(OC)c(OC)c1. The number of ether oxygens (including phenoxy) is 2. The van der Waals surface area contributed by atoms with Crippen molar-refractivity contribution in [3.8, 4) is 23.3 Å². The highest BCUT2D eigenvalue weighted by molar-refractivity contribution is 5.96. The fourth-order valence-electron chi connectivity index (χ4n) is 3.02. The summed E-state index contributed by atoms with van der Waals surface area (Å²) < 4.78 is 10.6. The third-order valence-electron chi connectivity index (χ3n) is 4.69. The highest BCUT2D eigenvalue weighted by Crippen LogP contribution is 2.30. The van der Waals surface area contributed by atoms with Crippen LogP contribution in [-0.2, 0) is 16.0 Å². The van der Waals surface area contributed by atoms with E-state index in [0.717, 1.165) is 11.1 Å². The number of benzene rings is 2. The molecule has 2 rings (SSSR count). The molecule has 0 unspecified atom stereocenters. The molecule has 168 valence electrons. The molecular weight excluding hydrogens is 410 g/mol. The Kier molecular flexibility index (Phi) is 9.11. The van der Waals surface area contributed by atoms with Gasteiger partial charge >= 0.3 is 5.91 Å². The summed E-state index contributed by atoms with van der Waals surface area (Å²) in [5.41, 5.74) is 6.57. The van der Waals surface area contributed by atoms with Gasteiger partial charge in [0.25, 0.3) is 5.91 Å². The van der Waals surface area contributed by atoms with Gasteiger partial charge in [-0.05, 0) is 55.5 Å². The van der Waals surface area contributed by atoms with Crippen LogP contribution >= 0.6 is 0 Å². The van der Waals surface area contributed by atoms with Crippen LogP contribution in [0.1, 0.15) is 47.8 Å². The molecule has 0 radical (unpaired) electrons. The van der Waals surface area contributed by atoms with Gasteiger partial charge in [0.05, 0.1) is 20.3 Å². The van der Waals surface area contributed by atoms with Crippen molar-refractivity contribution < 1.29 is 23.9 Å². The van der Waals surface area contributed by atoms with E-state index >= 15 is 0 Å². The molecule has 1 atom stereocenters. The number of aryl methyl sites for hydroxylation is 1. The first-order valence-electron chi connectivity index (χ1n) is 10.0. The number of amides is 3. The second-order valence-electron chi connectivity index (χ2n) is 6.84. The van der Waals surface area contributed by atoms with Crippen molar-refractivity contribution in [1.82, 2.24) is 16.2 Å². The maximum atomic E-state index is 12.9. The molecule has 0 aromatic heterocycles. The smallest absolute Gasteiger partial charge is 0.314 e. The van der Waals surface area contributed by atoms with E-state index in [2.05, 4.69) is 28.0 Å². The number of hydrogen-bond acceptors (Lipinski definition) is 5. The van der Waals surface area contributed by atoms with Crippen molar-refractivity contribution in [1.29, 1.82) is 0 Å². The fraction of sp³-hybridized carbons (Fsp3) is 0.292. The molecular formula is C24H27N3O5. The van der Waals surface area contributed by atoms with Crippen LogP contribution in [-0.4, -0.2) is 31.9 Å². The van der Waals surface area contributed by atoms with E-state index in [1.165, 1.54) is 6.92 Å². The molecule has 0 aliphatic rings. The minimum absolute atomic E-state index is 0.0926. The summed E-state index contributed by atoms with van der Waals surface area (Å²) in [5.74, 6) is 4.65. The summed E-state index contributed by atoms with van der Waals surface area (Å²) >= 11 is 0. The van der Waals surface area contributed by atoms with Crippen LogP contribution in [0.2, 0.25) is 0 Å². The highest BCUT2D eigenvalue weighted by Gasteiger charge is 2.17. The van der Waals surface area contributed by atoms with Crippen molar-refractivity contribution in [3.05, 3.63) is 59.2 Å². The molecule has 3 amide bonds. The second-order valence-corrected chi connectivity index (χ2v) is 6.84. The summed E-state index contributed by atoms with van der Waals surface area (Å²) in [6.07, 6.45) is 0.421. The lowest BCUT2D eigenvalue weighted by atomic mass is 10.0. The lowest BCUT2D eigenvalue weighted by Crippen LogP contribution is -2.41. The quantitative estimate of drug-likeness (QED) is 0.434. The summed E-state index contributed by atoms with van der Waals surface area (Å²) in [7, 11) is 3.12. The third-order valence-corrected chi connectivity index (χ3v) is 4.69. The van der Waals surface area contributed by atoms with Crippen LogP contribution in [0.5, 0.6) is 11.5 Å². The van der Waals surface area contributed by atoms with Gasteiger partial charge in [0.2, 0.25) is 5.91 Å². The monoisotopic (exact) mass is 437 g/mol. The van der Waals surface area contributed by atoms with Crippen LogP contribution < -0.4 is 25.6 Å². The Morgan fingerprint density at radius 3 is 2.41 bits per heavy atom. The largest absolute Gasteiger partial charge is 0.493 e. The van der Waals surface area contributed by atoms with E-state index in [0.29, 0.717) is 23.5 Å². The zero-order chi connectivity index (χ0) is 23.5. The van der Waals surface area contributed by atoms with Gasteiger partial charge in [0, 0.05) is 12.0 Å². The highest BCUT2D eigenvalue weighted by atomic mass is 16.5. The number of carbonyl (C=O) groups excluding carboxylic acids is 3. The first kappa shape index (κ1) is 24.3. The number of rotatable bonds is 8. The molecule has 0 spiro atoms. The lowest BCUT2D eigenvalue weighted by molar-refractivity contribution is -0.126. The van der Waals surface area contributed by atoms with Gasteiger partial charge in [-0.25, -0.2) is 0 Å².